The standard InChI is InChI=1S/C24H17ClFN3O2/c1-15-21(23(25)29(28-15)20-12-10-18(26)11-13-20)24(31)27-19-9-5-8-17(14-19)22(30)16-6-3-2-4-7-16/h2-14H,1H3,(H,27,31). The van der Waals surface area contributed by atoms with Crippen molar-refractivity contribution in [3.63, 3.8) is 0 Å². The average molecular weight is 434 g/mol. The highest BCUT2D eigenvalue weighted by Crippen LogP contribution is 2.25. The van der Waals surface area contributed by atoms with Gasteiger partial charge in [-0.3, -0.25) is 9.59 Å². The summed E-state index contributed by atoms with van der Waals surface area (Å²) in [5.74, 6) is -0.984. The lowest BCUT2D eigenvalue weighted by Crippen LogP contribution is -2.13. The monoisotopic (exact) mass is 433 g/mol. The third kappa shape index (κ3) is 4.25. The quantitative estimate of drug-likeness (QED) is 0.425. The van der Waals surface area contributed by atoms with Crippen molar-refractivity contribution >= 4 is 29.0 Å². The van der Waals surface area contributed by atoms with E-state index in [0.717, 1.165) is 0 Å². The van der Waals surface area contributed by atoms with Crippen LogP contribution in [0.4, 0.5) is 10.1 Å². The van der Waals surface area contributed by atoms with Crippen molar-refractivity contribution in [2.24, 2.45) is 0 Å². The van der Waals surface area contributed by atoms with Crippen molar-refractivity contribution in [3.05, 3.63) is 112 Å². The number of carbonyl (C=O) groups excluding carboxylic acids is 2. The van der Waals surface area contributed by atoms with Crippen molar-refractivity contribution in [2.45, 2.75) is 6.92 Å². The predicted molar refractivity (Wildman–Crippen MR) is 118 cm³/mol. The number of amides is 1. The van der Waals surface area contributed by atoms with Gasteiger partial charge in [0, 0.05) is 16.8 Å². The first-order chi connectivity index (χ1) is 14.9. The lowest BCUT2D eigenvalue weighted by molar-refractivity contribution is 0.102. The number of hydrogen-bond acceptors (Lipinski definition) is 3. The van der Waals surface area contributed by atoms with Crippen LogP contribution in [0.15, 0.2) is 78.9 Å². The van der Waals surface area contributed by atoms with Gasteiger partial charge in [0.05, 0.1) is 11.4 Å². The van der Waals surface area contributed by atoms with Crippen LogP contribution >= 0.6 is 11.6 Å². The molecule has 0 radical (unpaired) electrons. The zero-order valence-corrected chi connectivity index (χ0v) is 17.2. The zero-order valence-electron chi connectivity index (χ0n) is 16.5. The van der Waals surface area contributed by atoms with E-state index < -0.39 is 5.91 Å². The van der Waals surface area contributed by atoms with Crippen molar-refractivity contribution in [2.75, 3.05) is 5.32 Å². The van der Waals surface area contributed by atoms with Crippen molar-refractivity contribution < 1.29 is 14.0 Å². The van der Waals surface area contributed by atoms with Gasteiger partial charge in [0.2, 0.25) is 0 Å². The van der Waals surface area contributed by atoms with Gasteiger partial charge in [-0.2, -0.15) is 5.10 Å². The molecule has 0 unspecified atom stereocenters. The third-order valence-electron chi connectivity index (χ3n) is 4.72. The summed E-state index contributed by atoms with van der Waals surface area (Å²) in [5.41, 5.74) is 2.62. The first-order valence-corrected chi connectivity index (χ1v) is 9.84. The second-order valence-corrected chi connectivity index (χ2v) is 7.23. The van der Waals surface area contributed by atoms with Crippen molar-refractivity contribution in [1.82, 2.24) is 9.78 Å². The molecule has 31 heavy (non-hydrogen) atoms. The van der Waals surface area contributed by atoms with Gasteiger partial charge in [-0.15, -0.1) is 0 Å². The highest BCUT2D eigenvalue weighted by atomic mass is 35.5. The minimum Gasteiger partial charge on any atom is -0.322 e. The Morgan fingerprint density at radius 1 is 0.935 bits per heavy atom. The van der Waals surface area contributed by atoms with Crippen LogP contribution in [0.5, 0.6) is 0 Å². The Balaban J connectivity index is 1.59. The maximum absolute atomic E-state index is 13.2. The highest BCUT2D eigenvalue weighted by molar-refractivity contribution is 6.34. The molecular formula is C24H17ClFN3O2. The highest BCUT2D eigenvalue weighted by Gasteiger charge is 2.21. The number of carbonyl (C=O) groups is 2. The number of rotatable bonds is 5. The molecule has 3 aromatic carbocycles. The Kier molecular flexibility index (Phi) is 5.64. The summed E-state index contributed by atoms with van der Waals surface area (Å²) in [6, 6.07) is 21.2. The maximum atomic E-state index is 13.2. The molecule has 5 nitrogen and oxygen atoms in total. The van der Waals surface area contributed by atoms with Crippen LogP contribution < -0.4 is 5.32 Å². The number of aryl methyl sites for hydroxylation is 1. The molecule has 0 aliphatic heterocycles. The van der Waals surface area contributed by atoms with E-state index in [-0.39, 0.29) is 22.3 Å². The summed E-state index contributed by atoms with van der Waals surface area (Å²) in [6.07, 6.45) is 0. The number of anilines is 1. The first-order valence-electron chi connectivity index (χ1n) is 9.46. The van der Waals surface area contributed by atoms with Gasteiger partial charge >= 0.3 is 0 Å². The van der Waals surface area contributed by atoms with Gasteiger partial charge in [0.25, 0.3) is 5.91 Å². The molecule has 0 aliphatic rings. The Morgan fingerprint density at radius 3 is 2.32 bits per heavy atom. The second kappa shape index (κ2) is 8.53. The Bertz CT molecular complexity index is 1270. The molecule has 1 N–H and O–H groups in total. The summed E-state index contributed by atoms with van der Waals surface area (Å²) >= 11 is 6.42. The molecule has 0 spiro atoms. The van der Waals surface area contributed by atoms with E-state index in [9.17, 15) is 14.0 Å². The molecular weight excluding hydrogens is 417 g/mol. The fourth-order valence-electron chi connectivity index (χ4n) is 3.20. The van der Waals surface area contributed by atoms with Gasteiger partial charge in [-0.05, 0) is 43.3 Å². The van der Waals surface area contributed by atoms with Crippen LogP contribution in [0, 0.1) is 12.7 Å². The molecule has 0 bridgehead atoms. The van der Waals surface area contributed by atoms with E-state index in [2.05, 4.69) is 10.4 Å². The molecule has 4 aromatic rings. The van der Waals surface area contributed by atoms with E-state index in [1.54, 1.807) is 55.5 Å². The fourth-order valence-corrected chi connectivity index (χ4v) is 3.56. The fraction of sp³-hybridized carbons (Fsp3) is 0.0417. The van der Waals surface area contributed by atoms with E-state index in [4.69, 9.17) is 11.6 Å². The van der Waals surface area contributed by atoms with Gasteiger partial charge in [-0.25, -0.2) is 9.07 Å². The molecule has 1 heterocycles. The van der Waals surface area contributed by atoms with Crippen LogP contribution in [0.1, 0.15) is 32.0 Å². The number of aromatic nitrogens is 2. The lowest BCUT2D eigenvalue weighted by Gasteiger charge is -2.08. The smallest absolute Gasteiger partial charge is 0.260 e. The van der Waals surface area contributed by atoms with Gasteiger partial charge in [-0.1, -0.05) is 54.1 Å². The molecule has 0 fully saturated rings. The van der Waals surface area contributed by atoms with Crippen LogP contribution in [-0.2, 0) is 0 Å². The number of nitrogens with one attached hydrogen (secondary N) is 1. The van der Waals surface area contributed by atoms with E-state index in [1.165, 1.54) is 28.9 Å². The second-order valence-electron chi connectivity index (χ2n) is 6.87. The largest absolute Gasteiger partial charge is 0.322 e. The van der Waals surface area contributed by atoms with Crippen LogP contribution in [0.2, 0.25) is 5.15 Å². The van der Waals surface area contributed by atoms with E-state index in [1.807, 2.05) is 6.07 Å². The summed E-state index contributed by atoms with van der Waals surface area (Å²) in [6.45, 7) is 1.66. The average Bonchev–Trinajstić information content (AvgIpc) is 3.08. The molecule has 0 atom stereocenters. The van der Waals surface area contributed by atoms with Gasteiger partial charge < -0.3 is 5.32 Å². The molecule has 1 aromatic heterocycles. The molecule has 0 saturated carbocycles. The molecule has 1 amide bonds. The Labute approximate surface area is 183 Å². The minimum atomic E-state index is -0.458. The third-order valence-corrected chi connectivity index (χ3v) is 5.07. The Morgan fingerprint density at radius 2 is 1.61 bits per heavy atom. The number of nitrogens with zero attached hydrogens (tertiary/aromatic N) is 2. The first kappa shape index (κ1) is 20.5. The number of halogens is 2. The summed E-state index contributed by atoms with van der Waals surface area (Å²) in [4.78, 5) is 25.6. The SMILES string of the molecule is Cc1nn(-c2ccc(F)cc2)c(Cl)c1C(=O)Nc1cccc(C(=O)c2ccccc2)c1. The molecule has 7 heteroatoms. The van der Waals surface area contributed by atoms with E-state index in [0.29, 0.717) is 28.2 Å². The normalized spacial score (nSPS) is 10.7. The minimum absolute atomic E-state index is 0.109. The van der Waals surface area contributed by atoms with E-state index >= 15 is 0 Å². The molecule has 0 aliphatic carbocycles. The number of ketones is 1. The van der Waals surface area contributed by atoms with Crippen LogP contribution in [0.3, 0.4) is 0 Å². The van der Waals surface area contributed by atoms with Crippen molar-refractivity contribution in [1.29, 1.82) is 0 Å². The topological polar surface area (TPSA) is 64.0 Å². The summed E-state index contributed by atoms with van der Waals surface area (Å²) in [5, 5.41) is 7.19. The summed E-state index contributed by atoms with van der Waals surface area (Å²) in [7, 11) is 0. The Hall–Kier alpha value is -3.77. The summed E-state index contributed by atoms with van der Waals surface area (Å²) < 4.78 is 14.6. The lowest BCUT2D eigenvalue weighted by atomic mass is 10.0. The molecule has 4 rings (SSSR count). The molecule has 0 saturated heterocycles. The van der Waals surface area contributed by atoms with Gasteiger partial charge in [0.15, 0.2) is 5.78 Å². The number of hydrogen-bond donors (Lipinski definition) is 1. The number of benzene rings is 3. The maximum Gasteiger partial charge on any atom is 0.260 e. The zero-order chi connectivity index (χ0) is 22.0. The van der Waals surface area contributed by atoms with Crippen molar-refractivity contribution in [3.8, 4) is 5.69 Å². The van der Waals surface area contributed by atoms with Crippen LogP contribution in [-0.4, -0.2) is 21.5 Å². The van der Waals surface area contributed by atoms with Gasteiger partial charge in [0.1, 0.15) is 16.5 Å². The predicted octanol–water partition coefficient (Wildman–Crippen LogP) is 5.46. The van der Waals surface area contributed by atoms with Crippen LogP contribution in [0.25, 0.3) is 5.69 Å². The molecule has 154 valence electrons.